The number of hydrogen-bond donors (Lipinski definition) is 1. The number of thioether (sulfide) groups is 1. The molecule has 3 rings (SSSR count). The second-order valence-electron chi connectivity index (χ2n) is 5.30. The van der Waals surface area contributed by atoms with Gasteiger partial charge in [-0.3, -0.25) is 4.79 Å². The average Bonchev–Trinajstić information content (AvgIpc) is 3.33. The van der Waals surface area contributed by atoms with E-state index in [1.54, 1.807) is 11.3 Å². The first-order chi connectivity index (χ1) is 12.7. The standard InChI is InChI=1S/C18H19N3O3S2/c1-2-23-14-7-5-13(6-8-14)17-20-21-18(24-17)26-12-16(22)19-10-9-15-4-3-11-25-15/h3-8,11H,2,9-10,12H2,1H3,(H,19,22). The highest BCUT2D eigenvalue weighted by Gasteiger charge is 2.11. The molecule has 0 aliphatic rings. The maximum absolute atomic E-state index is 11.9. The molecule has 6 nitrogen and oxygen atoms in total. The van der Waals surface area contributed by atoms with Crippen LogP contribution in [0.3, 0.4) is 0 Å². The minimum atomic E-state index is -0.0487. The molecule has 0 radical (unpaired) electrons. The topological polar surface area (TPSA) is 77.2 Å². The van der Waals surface area contributed by atoms with Gasteiger partial charge in [0.2, 0.25) is 11.8 Å². The number of amides is 1. The Morgan fingerprint density at radius 1 is 1.27 bits per heavy atom. The molecule has 1 amide bonds. The van der Waals surface area contributed by atoms with Crippen molar-refractivity contribution < 1.29 is 13.9 Å². The second kappa shape index (κ2) is 9.40. The third kappa shape index (κ3) is 5.34. The van der Waals surface area contributed by atoms with E-state index in [0.29, 0.717) is 24.3 Å². The largest absolute Gasteiger partial charge is 0.494 e. The van der Waals surface area contributed by atoms with E-state index >= 15 is 0 Å². The van der Waals surface area contributed by atoms with Crippen LogP contribution in [0.4, 0.5) is 0 Å². The Labute approximate surface area is 160 Å². The van der Waals surface area contributed by atoms with E-state index in [9.17, 15) is 4.79 Å². The van der Waals surface area contributed by atoms with Crippen LogP contribution in [0.5, 0.6) is 5.75 Å². The zero-order valence-corrected chi connectivity index (χ0v) is 15.9. The number of nitrogens with zero attached hydrogens (tertiary/aromatic N) is 2. The van der Waals surface area contributed by atoms with E-state index < -0.39 is 0 Å². The van der Waals surface area contributed by atoms with E-state index in [2.05, 4.69) is 21.6 Å². The number of nitrogens with one attached hydrogen (secondary N) is 1. The quantitative estimate of drug-likeness (QED) is 0.563. The molecule has 0 bridgehead atoms. The molecular formula is C18H19N3O3S2. The third-order valence-electron chi connectivity index (χ3n) is 3.42. The number of carbonyl (C=O) groups is 1. The van der Waals surface area contributed by atoms with Gasteiger partial charge < -0.3 is 14.5 Å². The fraction of sp³-hybridized carbons (Fsp3) is 0.278. The van der Waals surface area contributed by atoms with E-state index in [-0.39, 0.29) is 11.7 Å². The summed E-state index contributed by atoms with van der Waals surface area (Å²) in [5.41, 5.74) is 0.813. The molecule has 0 saturated heterocycles. The number of rotatable bonds is 9. The lowest BCUT2D eigenvalue weighted by Crippen LogP contribution is -2.27. The van der Waals surface area contributed by atoms with Crippen molar-refractivity contribution in [1.29, 1.82) is 0 Å². The van der Waals surface area contributed by atoms with Gasteiger partial charge in [-0.25, -0.2) is 0 Å². The van der Waals surface area contributed by atoms with Crippen molar-refractivity contribution >= 4 is 29.0 Å². The molecule has 0 atom stereocenters. The lowest BCUT2D eigenvalue weighted by molar-refractivity contribution is -0.118. The van der Waals surface area contributed by atoms with Crippen molar-refractivity contribution in [3.8, 4) is 17.2 Å². The summed E-state index contributed by atoms with van der Waals surface area (Å²) in [7, 11) is 0. The lowest BCUT2D eigenvalue weighted by Gasteiger charge is -2.03. The lowest BCUT2D eigenvalue weighted by atomic mass is 10.2. The number of benzene rings is 1. The zero-order chi connectivity index (χ0) is 18.2. The van der Waals surface area contributed by atoms with Crippen molar-refractivity contribution in [1.82, 2.24) is 15.5 Å². The van der Waals surface area contributed by atoms with Crippen LogP contribution >= 0.6 is 23.1 Å². The monoisotopic (exact) mass is 389 g/mol. The molecule has 0 aliphatic heterocycles. The first kappa shape index (κ1) is 18.5. The van der Waals surface area contributed by atoms with Crippen LogP contribution in [0.2, 0.25) is 0 Å². The van der Waals surface area contributed by atoms with Crippen LogP contribution in [-0.2, 0) is 11.2 Å². The van der Waals surface area contributed by atoms with Crippen LogP contribution in [-0.4, -0.2) is 35.0 Å². The minimum Gasteiger partial charge on any atom is -0.494 e. The van der Waals surface area contributed by atoms with Gasteiger partial charge in [0, 0.05) is 17.0 Å². The van der Waals surface area contributed by atoms with Crippen LogP contribution in [0.1, 0.15) is 11.8 Å². The van der Waals surface area contributed by atoms with Crippen LogP contribution in [0.15, 0.2) is 51.4 Å². The predicted molar refractivity (Wildman–Crippen MR) is 103 cm³/mol. The summed E-state index contributed by atoms with van der Waals surface area (Å²) in [6.07, 6.45) is 0.844. The minimum absolute atomic E-state index is 0.0487. The number of hydrogen-bond acceptors (Lipinski definition) is 7. The zero-order valence-electron chi connectivity index (χ0n) is 14.3. The summed E-state index contributed by atoms with van der Waals surface area (Å²) in [6.45, 7) is 3.19. The van der Waals surface area contributed by atoms with Gasteiger partial charge in [-0.15, -0.1) is 21.5 Å². The number of carbonyl (C=O) groups excluding carboxylic acids is 1. The highest BCUT2D eigenvalue weighted by Crippen LogP contribution is 2.24. The smallest absolute Gasteiger partial charge is 0.277 e. The molecule has 1 aromatic carbocycles. The average molecular weight is 390 g/mol. The number of aromatic nitrogens is 2. The Morgan fingerprint density at radius 2 is 2.12 bits per heavy atom. The molecular weight excluding hydrogens is 370 g/mol. The fourth-order valence-corrected chi connectivity index (χ4v) is 3.51. The number of thiophene rings is 1. The first-order valence-corrected chi connectivity index (χ1v) is 10.1. The fourth-order valence-electron chi connectivity index (χ4n) is 2.20. The van der Waals surface area contributed by atoms with Gasteiger partial charge in [-0.1, -0.05) is 17.8 Å². The van der Waals surface area contributed by atoms with Crippen molar-refractivity contribution in [2.24, 2.45) is 0 Å². The molecule has 1 N–H and O–H groups in total. The maximum Gasteiger partial charge on any atom is 0.277 e. The van der Waals surface area contributed by atoms with Crippen LogP contribution in [0, 0.1) is 0 Å². The van der Waals surface area contributed by atoms with Gasteiger partial charge in [-0.05, 0) is 49.1 Å². The van der Waals surface area contributed by atoms with Crippen molar-refractivity contribution in [2.45, 2.75) is 18.6 Å². The van der Waals surface area contributed by atoms with E-state index in [1.807, 2.05) is 42.6 Å². The SMILES string of the molecule is CCOc1ccc(-c2nnc(SCC(=O)NCCc3cccs3)o2)cc1. The predicted octanol–water partition coefficient (Wildman–Crippen LogP) is 3.65. The number of ether oxygens (including phenoxy) is 1. The van der Waals surface area contributed by atoms with Crippen LogP contribution in [0.25, 0.3) is 11.5 Å². The van der Waals surface area contributed by atoms with Crippen molar-refractivity contribution in [3.05, 3.63) is 46.7 Å². The summed E-state index contributed by atoms with van der Waals surface area (Å²) in [5, 5.41) is 13.3. The van der Waals surface area contributed by atoms with Gasteiger partial charge in [0.15, 0.2) is 0 Å². The third-order valence-corrected chi connectivity index (χ3v) is 5.17. The molecule has 0 spiro atoms. The summed E-state index contributed by atoms with van der Waals surface area (Å²) in [5.74, 6) is 1.42. The molecule has 0 unspecified atom stereocenters. The second-order valence-corrected chi connectivity index (χ2v) is 7.26. The Bertz CT molecular complexity index is 817. The van der Waals surface area contributed by atoms with E-state index in [4.69, 9.17) is 9.15 Å². The highest BCUT2D eigenvalue weighted by molar-refractivity contribution is 7.99. The molecule has 0 fully saturated rings. The van der Waals surface area contributed by atoms with Gasteiger partial charge >= 0.3 is 0 Å². The Kier molecular flexibility index (Phi) is 6.68. The molecule has 8 heteroatoms. The first-order valence-electron chi connectivity index (χ1n) is 8.23. The van der Waals surface area contributed by atoms with Crippen molar-refractivity contribution in [2.75, 3.05) is 18.9 Å². The molecule has 26 heavy (non-hydrogen) atoms. The summed E-state index contributed by atoms with van der Waals surface area (Å²) in [4.78, 5) is 13.1. The Hall–Kier alpha value is -2.32. The summed E-state index contributed by atoms with van der Waals surface area (Å²) in [6, 6.07) is 11.5. The summed E-state index contributed by atoms with van der Waals surface area (Å²) >= 11 is 2.92. The molecule has 0 aliphatic carbocycles. The Balaban J connectivity index is 1.45. The van der Waals surface area contributed by atoms with Gasteiger partial charge in [0.05, 0.1) is 12.4 Å². The van der Waals surface area contributed by atoms with Gasteiger partial charge in [0.1, 0.15) is 5.75 Å². The molecule has 0 saturated carbocycles. The molecule has 136 valence electrons. The summed E-state index contributed by atoms with van der Waals surface area (Å²) < 4.78 is 11.0. The van der Waals surface area contributed by atoms with Gasteiger partial charge in [0.25, 0.3) is 5.22 Å². The molecule has 3 aromatic rings. The van der Waals surface area contributed by atoms with Crippen LogP contribution < -0.4 is 10.1 Å². The molecule has 2 heterocycles. The van der Waals surface area contributed by atoms with E-state index in [0.717, 1.165) is 17.7 Å². The van der Waals surface area contributed by atoms with Crippen molar-refractivity contribution in [3.63, 3.8) is 0 Å². The highest BCUT2D eigenvalue weighted by atomic mass is 32.2. The maximum atomic E-state index is 11.9. The Morgan fingerprint density at radius 3 is 2.85 bits per heavy atom. The molecule has 2 aromatic heterocycles. The van der Waals surface area contributed by atoms with E-state index in [1.165, 1.54) is 16.6 Å². The van der Waals surface area contributed by atoms with Gasteiger partial charge in [-0.2, -0.15) is 0 Å². The normalized spacial score (nSPS) is 10.7.